The molecule has 6 aromatic rings. The molecular weight excluding hydrogens is 749 g/mol. The lowest BCUT2D eigenvalue weighted by molar-refractivity contribution is 1.29. The zero-order chi connectivity index (χ0) is 39.6. The van der Waals surface area contributed by atoms with Crippen molar-refractivity contribution in [3.8, 4) is 44.5 Å². The van der Waals surface area contributed by atoms with Gasteiger partial charge in [-0.05, 0) is 161 Å². The fraction of sp³-hybridized carbons (Fsp3) is 0.265. The molecule has 0 bridgehead atoms. The smallest absolute Gasteiger partial charge is 0.207 e. The van der Waals surface area contributed by atoms with Gasteiger partial charge in [0.15, 0.2) is 0 Å². The third-order valence-corrected chi connectivity index (χ3v) is 18.1. The zero-order valence-electron chi connectivity index (χ0n) is 34.3. The minimum absolute atomic E-state index is 0.442. The molecule has 1 aliphatic heterocycles. The number of halogens is 2. The molecule has 0 aromatic heterocycles. The summed E-state index contributed by atoms with van der Waals surface area (Å²) in [5.41, 5.74) is 27.9. The molecule has 0 saturated carbocycles. The van der Waals surface area contributed by atoms with Gasteiger partial charge in [-0.25, -0.2) is 0 Å². The monoisotopic (exact) mass is 800 g/mol. The Bertz CT molecular complexity index is 2090. The highest BCUT2D eigenvalue weighted by molar-refractivity contribution is 8.07. The SMILES string of the molecule is Cc1cc(C)c(-c2cccc(-c3c(C)cc(C)cc3C)c2N2P(Cl)N(c3c(-c4c(C)cc(C)cc4C)cccc3-c3c(C)cc(C)cc3C)P2CCl)c(C)c1. The van der Waals surface area contributed by atoms with Gasteiger partial charge in [-0.15, -0.1) is 11.6 Å². The van der Waals surface area contributed by atoms with Crippen molar-refractivity contribution in [2.24, 2.45) is 0 Å². The minimum Gasteiger partial charge on any atom is -0.279 e. The Morgan fingerprint density at radius 3 is 0.818 bits per heavy atom. The molecular formula is C49H52Cl2N2P2. The van der Waals surface area contributed by atoms with Gasteiger partial charge < -0.3 is 0 Å². The number of hydrogen-bond donors (Lipinski definition) is 0. The Balaban J connectivity index is 1.53. The van der Waals surface area contributed by atoms with Crippen LogP contribution < -0.4 is 8.88 Å². The highest BCUT2D eigenvalue weighted by Gasteiger charge is 2.50. The summed E-state index contributed by atoms with van der Waals surface area (Å²) in [5.74, 6) is 0. The molecule has 55 heavy (non-hydrogen) atoms. The predicted molar refractivity (Wildman–Crippen MR) is 247 cm³/mol. The standard InChI is InChI=1S/C49H52Cl2N2P2/c1-28-19-32(5)44(33(6)20-28)40-15-13-16-41(45-34(7)21-29(2)22-35(45)8)48(40)52-54(27-50)53(55(52)51)49-42(46-36(9)23-30(3)24-37(46)10)17-14-18-43(49)47-38(11)25-31(4)26-39(47)12/h13-26H,27H2,1-12H3. The highest BCUT2D eigenvalue weighted by Crippen LogP contribution is 2.83. The highest BCUT2D eigenvalue weighted by atomic mass is 35.7. The van der Waals surface area contributed by atoms with Crippen molar-refractivity contribution in [1.29, 1.82) is 0 Å². The summed E-state index contributed by atoms with van der Waals surface area (Å²) < 4.78 is 5.04. The van der Waals surface area contributed by atoms with Gasteiger partial charge >= 0.3 is 0 Å². The van der Waals surface area contributed by atoms with Crippen molar-refractivity contribution < 1.29 is 0 Å². The van der Waals surface area contributed by atoms with Crippen molar-refractivity contribution in [3.05, 3.63) is 152 Å². The Morgan fingerprint density at radius 1 is 0.400 bits per heavy atom. The molecule has 282 valence electrons. The van der Waals surface area contributed by atoms with E-state index in [9.17, 15) is 0 Å². The topological polar surface area (TPSA) is 6.48 Å². The molecule has 0 unspecified atom stereocenters. The number of para-hydroxylation sites is 2. The van der Waals surface area contributed by atoms with Gasteiger partial charge in [0.1, 0.15) is 8.22 Å². The molecule has 0 aliphatic carbocycles. The molecule has 0 N–H and O–H groups in total. The van der Waals surface area contributed by atoms with Gasteiger partial charge in [-0.3, -0.25) is 8.88 Å². The van der Waals surface area contributed by atoms with E-state index >= 15 is 0 Å². The van der Waals surface area contributed by atoms with Crippen LogP contribution in [0.2, 0.25) is 0 Å². The van der Waals surface area contributed by atoms with Crippen LogP contribution >= 0.6 is 38.6 Å². The first-order chi connectivity index (χ1) is 26.1. The lowest BCUT2D eigenvalue weighted by Gasteiger charge is -2.56. The van der Waals surface area contributed by atoms with Crippen molar-refractivity contribution in [1.82, 2.24) is 0 Å². The number of hydrogen-bond acceptors (Lipinski definition) is 2. The molecule has 0 spiro atoms. The average molecular weight is 802 g/mol. The van der Waals surface area contributed by atoms with Crippen molar-refractivity contribution >= 4 is 50.0 Å². The summed E-state index contributed by atoms with van der Waals surface area (Å²) in [5, 5.41) is 0. The molecule has 1 heterocycles. The number of alkyl halides is 1. The summed E-state index contributed by atoms with van der Waals surface area (Å²) in [6.07, 6.45) is 0. The summed E-state index contributed by atoms with van der Waals surface area (Å²) in [4.78, 5) is 0. The fourth-order valence-corrected chi connectivity index (χ4v) is 16.8. The Hall–Kier alpha value is -3.64. The number of benzene rings is 6. The van der Waals surface area contributed by atoms with E-state index in [1.54, 1.807) is 0 Å². The van der Waals surface area contributed by atoms with E-state index in [0.717, 1.165) is 0 Å². The second-order valence-electron chi connectivity index (χ2n) is 15.8. The summed E-state index contributed by atoms with van der Waals surface area (Å²) in [6.45, 7) is 26.7. The second-order valence-corrected chi connectivity index (χ2v) is 21.1. The molecule has 1 aliphatic rings. The number of anilines is 2. The van der Waals surface area contributed by atoms with E-state index in [4.69, 9.17) is 22.8 Å². The van der Waals surface area contributed by atoms with E-state index < -0.39 is 15.8 Å². The third kappa shape index (κ3) is 6.93. The largest absolute Gasteiger partial charge is 0.279 e. The van der Waals surface area contributed by atoms with Gasteiger partial charge in [-0.1, -0.05) is 107 Å². The number of nitrogens with zero attached hydrogens (tertiary/aromatic N) is 2. The summed E-state index contributed by atoms with van der Waals surface area (Å²) in [6, 6.07) is 32.1. The molecule has 1 fully saturated rings. The first-order valence-corrected chi connectivity index (χ1v) is 23.2. The van der Waals surface area contributed by atoms with Gasteiger partial charge in [0.25, 0.3) is 0 Å². The van der Waals surface area contributed by atoms with E-state index in [1.165, 1.54) is 123 Å². The lowest BCUT2D eigenvalue weighted by Crippen LogP contribution is -2.36. The minimum atomic E-state index is -1.39. The van der Waals surface area contributed by atoms with Crippen LogP contribution in [-0.2, 0) is 0 Å². The van der Waals surface area contributed by atoms with E-state index in [2.05, 4.69) is 177 Å². The van der Waals surface area contributed by atoms with Crippen LogP contribution in [0.25, 0.3) is 44.5 Å². The van der Waals surface area contributed by atoms with Crippen LogP contribution in [0.15, 0.2) is 84.9 Å². The van der Waals surface area contributed by atoms with Crippen LogP contribution in [0.1, 0.15) is 66.8 Å². The maximum atomic E-state index is 8.05. The molecule has 1 saturated heterocycles. The number of rotatable bonds is 7. The van der Waals surface area contributed by atoms with Gasteiger partial charge in [0.05, 0.1) is 17.0 Å². The van der Waals surface area contributed by atoms with Crippen LogP contribution in [0.4, 0.5) is 11.4 Å². The van der Waals surface area contributed by atoms with Crippen LogP contribution in [0, 0.1) is 83.1 Å². The summed E-state index contributed by atoms with van der Waals surface area (Å²) in [7, 11) is -2.50. The number of aryl methyl sites for hydroxylation is 12. The average Bonchev–Trinajstić information content (AvgIpc) is 3.07. The zero-order valence-corrected chi connectivity index (χ0v) is 37.6. The van der Waals surface area contributed by atoms with E-state index in [0.29, 0.717) is 5.62 Å². The van der Waals surface area contributed by atoms with Gasteiger partial charge in [-0.2, -0.15) is 0 Å². The molecule has 0 atom stereocenters. The lowest BCUT2D eigenvalue weighted by atomic mass is 9.87. The van der Waals surface area contributed by atoms with Crippen LogP contribution in [-0.4, -0.2) is 5.62 Å². The molecule has 6 heteroatoms. The Morgan fingerprint density at radius 2 is 0.618 bits per heavy atom. The quantitative estimate of drug-likeness (QED) is 0.117. The first-order valence-electron chi connectivity index (χ1n) is 19.1. The second kappa shape index (κ2) is 15.4. The first kappa shape index (κ1) is 39.6. The van der Waals surface area contributed by atoms with Crippen LogP contribution in [0.5, 0.6) is 0 Å². The van der Waals surface area contributed by atoms with E-state index in [1.807, 2.05) is 0 Å². The van der Waals surface area contributed by atoms with Crippen LogP contribution in [0.3, 0.4) is 0 Å². The van der Waals surface area contributed by atoms with Crippen molar-refractivity contribution in [3.63, 3.8) is 0 Å². The van der Waals surface area contributed by atoms with Crippen molar-refractivity contribution in [2.45, 2.75) is 83.1 Å². The van der Waals surface area contributed by atoms with Gasteiger partial charge in [0, 0.05) is 22.3 Å². The van der Waals surface area contributed by atoms with Crippen molar-refractivity contribution in [2.75, 3.05) is 14.5 Å². The molecule has 2 nitrogen and oxygen atoms in total. The normalized spacial score (nSPS) is 15.5. The molecule has 0 radical (unpaired) electrons. The third-order valence-electron chi connectivity index (χ3n) is 11.1. The fourth-order valence-electron chi connectivity index (χ4n) is 9.54. The Kier molecular flexibility index (Phi) is 11.1. The Labute approximate surface area is 342 Å². The molecule has 0 amide bonds. The van der Waals surface area contributed by atoms with Gasteiger partial charge in [0.2, 0.25) is 7.58 Å². The maximum absolute atomic E-state index is 8.05. The maximum Gasteiger partial charge on any atom is 0.207 e. The molecule has 7 rings (SSSR count). The summed E-state index contributed by atoms with van der Waals surface area (Å²) >= 11 is 15.3. The molecule has 6 aromatic carbocycles. The predicted octanol–water partition coefficient (Wildman–Crippen LogP) is 16.4. The van der Waals surface area contributed by atoms with E-state index in [-0.39, 0.29) is 0 Å².